The summed E-state index contributed by atoms with van der Waals surface area (Å²) in [6, 6.07) is 16.6. The molecular formula is C21H23N3OS. The van der Waals surface area contributed by atoms with Crippen LogP contribution in [0.25, 0.3) is 22.2 Å². The van der Waals surface area contributed by atoms with Crippen LogP contribution in [0.2, 0.25) is 0 Å². The molecule has 5 heteroatoms. The van der Waals surface area contributed by atoms with Crippen molar-refractivity contribution in [2.45, 2.75) is 32.6 Å². The zero-order valence-electron chi connectivity index (χ0n) is 15.5. The van der Waals surface area contributed by atoms with Gasteiger partial charge in [0, 0.05) is 22.9 Å². The maximum Gasteiger partial charge on any atom is 0.119 e. The Bertz CT molecular complexity index is 952. The minimum absolute atomic E-state index is 0.512. The van der Waals surface area contributed by atoms with E-state index in [1.54, 1.807) is 19.1 Å². The Kier molecular flexibility index (Phi) is 5.43. The van der Waals surface area contributed by atoms with E-state index in [4.69, 9.17) is 4.74 Å². The number of rotatable bonds is 6. The first-order valence-electron chi connectivity index (χ1n) is 8.71. The number of nitriles is 1. The molecule has 0 aliphatic rings. The Morgan fingerprint density at radius 2 is 1.92 bits per heavy atom. The summed E-state index contributed by atoms with van der Waals surface area (Å²) in [6.07, 6.45) is 0. The second-order valence-corrected chi connectivity index (χ2v) is 7.69. The maximum absolute atomic E-state index is 9.83. The van der Waals surface area contributed by atoms with Crippen LogP contribution >= 0.6 is 11.9 Å². The normalized spacial score (nSPS) is 10.9. The molecule has 4 nitrogen and oxygen atoms in total. The fraction of sp³-hybridized carbons (Fsp3) is 0.286. The number of ether oxygens (including phenoxy) is 1. The number of nitrogens with one attached hydrogen (secondary N) is 1. The number of anilines is 1. The highest BCUT2D eigenvalue weighted by Crippen LogP contribution is 2.36. The number of aromatic nitrogens is 1. The molecule has 1 N–H and O–H groups in total. The summed E-state index contributed by atoms with van der Waals surface area (Å²) in [6.45, 7) is 7.20. The Morgan fingerprint density at radius 3 is 2.50 bits per heavy atom. The van der Waals surface area contributed by atoms with Gasteiger partial charge in [0.15, 0.2) is 0 Å². The van der Waals surface area contributed by atoms with E-state index in [0.29, 0.717) is 10.8 Å². The van der Waals surface area contributed by atoms with Crippen LogP contribution in [-0.4, -0.2) is 16.9 Å². The summed E-state index contributed by atoms with van der Waals surface area (Å²) in [5.41, 5.74) is 4.81. The predicted molar refractivity (Wildman–Crippen MR) is 111 cm³/mol. The lowest BCUT2D eigenvalue weighted by molar-refractivity contribution is 0.415. The van der Waals surface area contributed by atoms with Crippen LogP contribution < -0.4 is 9.46 Å². The molecule has 0 fully saturated rings. The molecule has 0 radical (unpaired) electrons. The largest absolute Gasteiger partial charge is 0.497 e. The van der Waals surface area contributed by atoms with Crippen molar-refractivity contribution >= 4 is 28.5 Å². The molecule has 0 bridgehead atoms. The van der Waals surface area contributed by atoms with Gasteiger partial charge in [-0.15, -0.1) is 0 Å². The van der Waals surface area contributed by atoms with E-state index in [1.165, 1.54) is 0 Å². The molecule has 1 heterocycles. The van der Waals surface area contributed by atoms with Crippen LogP contribution in [0.1, 0.15) is 26.3 Å². The molecule has 0 unspecified atom stereocenters. The molecular weight excluding hydrogens is 342 g/mol. The third-order valence-electron chi connectivity index (χ3n) is 4.27. The fourth-order valence-corrected chi connectivity index (χ4v) is 3.59. The summed E-state index contributed by atoms with van der Waals surface area (Å²) in [5, 5.41) is 11.3. The lowest BCUT2D eigenvalue weighted by Gasteiger charge is -2.11. The standard InChI is InChI=1S/C21H23N3OS/c1-5-24-20-11-10-17(25-4)12-18(20)19(13-22)21(24)15-6-8-16(9-7-15)23-26-14(2)3/h6-12,14,23H,5H2,1-4H3. The first kappa shape index (κ1) is 18.2. The molecule has 1 aromatic heterocycles. The molecule has 0 atom stereocenters. The van der Waals surface area contributed by atoms with Gasteiger partial charge in [-0.2, -0.15) is 5.26 Å². The summed E-state index contributed by atoms with van der Waals surface area (Å²) < 4.78 is 10.9. The van der Waals surface area contributed by atoms with Crippen LogP contribution in [0.5, 0.6) is 5.75 Å². The average Bonchev–Trinajstić information content (AvgIpc) is 2.99. The molecule has 26 heavy (non-hydrogen) atoms. The molecule has 0 saturated heterocycles. The third kappa shape index (κ3) is 3.38. The van der Waals surface area contributed by atoms with Crippen LogP contribution in [0.15, 0.2) is 42.5 Å². The highest BCUT2D eigenvalue weighted by molar-refractivity contribution is 8.01. The predicted octanol–water partition coefficient (Wildman–Crippen LogP) is 5.68. The van der Waals surface area contributed by atoms with E-state index in [0.717, 1.165) is 40.1 Å². The highest BCUT2D eigenvalue weighted by Gasteiger charge is 2.18. The number of nitrogens with zero attached hydrogens (tertiary/aromatic N) is 2. The molecule has 0 aliphatic carbocycles. The van der Waals surface area contributed by atoms with Gasteiger partial charge in [0.25, 0.3) is 0 Å². The minimum Gasteiger partial charge on any atom is -0.497 e. The van der Waals surface area contributed by atoms with Crippen LogP contribution in [0, 0.1) is 11.3 Å². The molecule has 3 rings (SSSR count). The first-order valence-corrected chi connectivity index (χ1v) is 9.59. The van der Waals surface area contributed by atoms with Crippen LogP contribution in [-0.2, 0) is 6.54 Å². The van der Waals surface area contributed by atoms with Crippen molar-refractivity contribution in [1.82, 2.24) is 4.57 Å². The van der Waals surface area contributed by atoms with Gasteiger partial charge in [0.2, 0.25) is 0 Å². The molecule has 0 aliphatic heterocycles. The van der Waals surface area contributed by atoms with Crippen molar-refractivity contribution in [1.29, 1.82) is 5.26 Å². The monoisotopic (exact) mass is 365 g/mol. The van der Waals surface area contributed by atoms with E-state index in [9.17, 15) is 5.26 Å². The number of fused-ring (bicyclic) bond motifs is 1. The van der Waals surface area contributed by atoms with Crippen molar-refractivity contribution in [2.75, 3.05) is 11.8 Å². The lowest BCUT2D eigenvalue weighted by Crippen LogP contribution is -1.98. The highest BCUT2D eigenvalue weighted by atomic mass is 32.2. The van der Waals surface area contributed by atoms with Gasteiger partial charge in [-0.1, -0.05) is 26.0 Å². The van der Waals surface area contributed by atoms with Gasteiger partial charge >= 0.3 is 0 Å². The van der Waals surface area contributed by atoms with Crippen molar-refractivity contribution in [3.63, 3.8) is 0 Å². The summed E-state index contributed by atoms with van der Waals surface area (Å²) in [7, 11) is 1.64. The SMILES string of the molecule is CCn1c(-c2ccc(NSC(C)C)cc2)c(C#N)c2cc(OC)ccc21. The molecule has 134 valence electrons. The fourth-order valence-electron chi connectivity index (χ4n) is 3.08. The number of hydrogen-bond acceptors (Lipinski definition) is 4. The Hall–Kier alpha value is -2.58. The van der Waals surface area contributed by atoms with Gasteiger partial charge in [-0.05, 0) is 54.8 Å². The topological polar surface area (TPSA) is 50.0 Å². The van der Waals surface area contributed by atoms with Crippen molar-refractivity contribution in [3.05, 3.63) is 48.0 Å². The van der Waals surface area contributed by atoms with E-state index < -0.39 is 0 Å². The van der Waals surface area contributed by atoms with Crippen molar-refractivity contribution < 1.29 is 4.74 Å². The number of methoxy groups -OCH3 is 1. The van der Waals surface area contributed by atoms with Crippen molar-refractivity contribution in [3.8, 4) is 23.1 Å². The zero-order chi connectivity index (χ0) is 18.7. The molecule has 3 aromatic rings. The van der Waals surface area contributed by atoms with Crippen LogP contribution in [0.3, 0.4) is 0 Å². The van der Waals surface area contributed by atoms with Gasteiger partial charge in [0.1, 0.15) is 11.8 Å². The summed E-state index contributed by atoms with van der Waals surface area (Å²) >= 11 is 1.69. The minimum atomic E-state index is 0.512. The Labute approximate surface area is 158 Å². The van der Waals surface area contributed by atoms with E-state index in [-0.39, 0.29) is 0 Å². The molecule has 2 aromatic carbocycles. The van der Waals surface area contributed by atoms with Gasteiger partial charge in [-0.25, -0.2) is 0 Å². The van der Waals surface area contributed by atoms with Crippen LogP contribution in [0.4, 0.5) is 5.69 Å². The molecule has 0 amide bonds. The first-order chi connectivity index (χ1) is 12.6. The van der Waals surface area contributed by atoms with Crippen molar-refractivity contribution in [2.24, 2.45) is 0 Å². The maximum atomic E-state index is 9.83. The summed E-state index contributed by atoms with van der Waals surface area (Å²) in [4.78, 5) is 0. The molecule has 0 spiro atoms. The number of hydrogen-bond donors (Lipinski definition) is 1. The second-order valence-electron chi connectivity index (χ2n) is 6.31. The van der Waals surface area contributed by atoms with E-state index in [2.05, 4.69) is 60.4 Å². The second kappa shape index (κ2) is 7.76. The van der Waals surface area contributed by atoms with Gasteiger partial charge in [0.05, 0.1) is 23.9 Å². The average molecular weight is 366 g/mol. The number of benzene rings is 2. The van der Waals surface area contributed by atoms with E-state index in [1.807, 2.05) is 18.2 Å². The smallest absolute Gasteiger partial charge is 0.119 e. The molecule has 0 saturated carbocycles. The zero-order valence-corrected chi connectivity index (χ0v) is 16.4. The Balaban J connectivity index is 2.10. The van der Waals surface area contributed by atoms with Gasteiger partial charge in [-0.3, -0.25) is 0 Å². The van der Waals surface area contributed by atoms with E-state index >= 15 is 0 Å². The quantitative estimate of drug-likeness (QED) is 0.571. The lowest BCUT2D eigenvalue weighted by atomic mass is 10.1. The summed E-state index contributed by atoms with van der Waals surface area (Å²) in [5.74, 6) is 0.763. The number of aryl methyl sites for hydroxylation is 1. The van der Waals surface area contributed by atoms with Gasteiger partial charge < -0.3 is 14.0 Å². The third-order valence-corrected chi connectivity index (χ3v) is 5.09. The Morgan fingerprint density at radius 1 is 1.19 bits per heavy atom.